The molecule has 0 atom stereocenters. The molecule has 1 heterocycles. The molecule has 0 aromatic heterocycles. The van der Waals surface area contributed by atoms with Crippen LogP contribution in [0, 0.1) is 6.92 Å². The molecule has 0 aliphatic carbocycles. The highest BCUT2D eigenvalue weighted by Crippen LogP contribution is 2.29. The summed E-state index contributed by atoms with van der Waals surface area (Å²) in [6, 6.07) is 6.09. The van der Waals surface area contributed by atoms with Gasteiger partial charge in [0.2, 0.25) is 5.91 Å². The van der Waals surface area contributed by atoms with E-state index in [1.807, 2.05) is 12.1 Å². The summed E-state index contributed by atoms with van der Waals surface area (Å²) in [6.45, 7) is 5.87. The molecule has 0 spiro atoms. The number of carbonyl (C=O) groups excluding carboxylic acids is 1. The van der Waals surface area contributed by atoms with Crippen molar-refractivity contribution in [1.29, 1.82) is 0 Å². The number of carbonyl (C=O) groups is 1. The highest BCUT2D eigenvalue weighted by atomic mass is 16.1. The first-order chi connectivity index (χ1) is 7.68. The molecule has 0 bridgehead atoms. The second-order valence-electron chi connectivity index (χ2n) is 4.33. The summed E-state index contributed by atoms with van der Waals surface area (Å²) in [4.78, 5) is 13.5. The van der Waals surface area contributed by atoms with Crippen molar-refractivity contribution in [3.8, 4) is 0 Å². The maximum absolute atomic E-state index is 11.1. The molecule has 1 amide bonds. The van der Waals surface area contributed by atoms with Crippen molar-refractivity contribution in [3.05, 3.63) is 23.8 Å². The average molecular weight is 218 g/mol. The summed E-state index contributed by atoms with van der Waals surface area (Å²) in [5.41, 5.74) is 3.35. The van der Waals surface area contributed by atoms with Crippen LogP contribution in [-0.2, 0) is 4.79 Å². The Balaban J connectivity index is 2.28. The minimum Gasteiger partial charge on any atom is -0.371 e. The Bertz CT molecular complexity index is 395. The molecule has 0 saturated carbocycles. The molecular formula is C13H18N2O. The van der Waals surface area contributed by atoms with Gasteiger partial charge in [0, 0.05) is 31.4 Å². The van der Waals surface area contributed by atoms with Crippen LogP contribution in [0.4, 0.5) is 11.4 Å². The maximum atomic E-state index is 11.1. The molecule has 2 rings (SSSR count). The van der Waals surface area contributed by atoms with E-state index in [9.17, 15) is 4.79 Å². The zero-order chi connectivity index (χ0) is 11.5. The third-order valence-electron chi connectivity index (χ3n) is 3.06. The monoisotopic (exact) mass is 218 g/mol. The number of amides is 1. The third kappa shape index (κ3) is 2.18. The van der Waals surface area contributed by atoms with Crippen molar-refractivity contribution >= 4 is 17.3 Å². The first-order valence-corrected chi connectivity index (χ1v) is 5.80. The number of hydrogen-bond acceptors (Lipinski definition) is 2. The summed E-state index contributed by atoms with van der Waals surface area (Å²) in [5, 5.41) is 2.87. The van der Waals surface area contributed by atoms with E-state index >= 15 is 0 Å². The third-order valence-corrected chi connectivity index (χ3v) is 3.06. The highest BCUT2D eigenvalue weighted by molar-refractivity contribution is 5.90. The number of hydrogen-bond donors (Lipinski definition) is 1. The molecule has 1 saturated heterocycles. The molecule has 1 aromatic carbocycles. The van der Waals surface area contributed by atoms with Crippen LogP contribution in [0.15, 0.2) is 18.2 Å². The van der Waals surface area contributed by atoms with E-state index in [1.54, 1.807) is 6.92 Å². The minimum absolute atomic E-state index is 0.0123. The molecule has 0 radical (unpaired) electrons. The van der Waals surface area contributed by atoms with Crippen LogP contribution < -0.4 is 10.2 Å². The van der Waals surface area contributed by atoms with E-state index in [4.69, 9.17) is 0 Å². The summed E-state index contributed by atoms with van der Waals surface area (Å²) in [6.07, 6.45) is 2.54. The average Bonchev–Trinajstić information content (AvgIpc) is 2.73. The second-order valence-corrected chi connectivity index (χ2v) is 4.33. The fourth-order valence-electron chi connectivity index (χ4n) is 2.25. The van der Waals surface area contributed by atoms with E-state index in [1.165, 1.54) is 24.1 Å². The van der Waals surface area contributed by atoms with E-state index in [-0.39, 0.29) is 5.91 Å². The van der Waals surface area contributed by atoms with Crippen molar-refractivity contribution in [3.63, 3.8) is 0 Å². The quantitative estimate of drug-likeness (QED) is 0.827. The summed E-state index contributed by atoms with van der Waals surface area (Å²) < 4.78 is 0. The van der Waals surface area contributed by atoms with Crippen molar-refractivity contribution in [2.45, 2.75) is 26.7 Å². The van der Waals surface area contributed by atoms with Gasteiger partial charge in [-0.25, -0.2) is 0 Å². The number of anilines is 2. The molecule has 1 fully saturated rings. The largest absolute Gasteiger partial charge is 0.371 e. The van der Waals surface area contributed by atoms with Gasteiger partial charge in [0.15, 0.2) is 0 Å². The van der Waals surface area contributed by atoms with Crippen LogP contribution in [0.3, 0.4) is 0 Å². The fraction of sp³-hybridized carbons (Fsp3) is 0.462. The van der Waals surface area contributed by atoms with Crippen molar-refractivity contribution in [1.82, 2.24) is 0 Å². The molecule has 1 N–H and O–H groups in total. The smallest absolute Gasteiger partial charge is 0.221 e. The van der Waals surface area contributed by atoms with Gasteiger partial charge in [-0.2, -0.15) is 0 Å². The fourth-order valence-corrected chi connectivity index (χ4v) is 2.25. The summed E-state index contributed by atoms with van der Waals surface area (Å²) in [7, 11) is 0. The molecule has 86 valence electrons. The van der Waals surface area contributed by atoms with Crippen LogP contribution in [0.5, 0.6) is 0 Å². The molecular weight excluding hydrogens is 200 g/mol. The van der Waals surface area contributed by atoms with E-state index < -0.39 is 0 Å². The van der Waals surface area contributed by atoms with Crippen molar-refractivity contribution in [2.24, 2.45) is 0 Å². The van der Waals surface area contributed by atoms with Gasteiger partial charge >= 0.3 is 0 Å². The van der Waals surface area contributed by atoms with Crippen LogP contribution in [0.2, 0.25) is 0 Å². The Labute approximate surface area is 96.5 Å². The molecule has 1 aromatic rings. The SMILES string of the molecule is CC(=O)Nc1cccc(N2CCCC2)c1C. The minimum atomic E-state index is -0.0123. The van der Waals surface area contributed by atoms with Crippen LogP contribution in [0.1, 0.15) is 25.3 Å². The Morgan fingerprint density at radius 2 is 2.00 bits per heavy atom. The normalized spacial score (nSPS) is 15.2. The Kier molecular flexibility index (Phi) is 3.13. The molecule has 16 heavy (non-hydrogen) atoms. The van der Waals surface area contributed by atoms with E-state index in [0.29, 0.717) is 0 Å². The van der Waals surface area contributed by atoms with Gasteiger partial charge < -0.3 is 10.2 Å². The molecule has 1 aliphatic heterocycles. The van der Waals surface area contributed by atoms with Crippen LogP contribution in [-0.4, -0.2) is 19.0 Å². The molecule has 0 unspecified atom stereocenters. The Hall–Kier alpha value is -1.51. The summed E-state index contributed by atoms with van der Waals surface area (Å²) >= 11 is 0. The lowest BCUT2D eigenvalue weighted by Gasteiger charge is -2.21. The van der Waals surface area contributed by atoms with E-state index in [2.05, 4.69) is 23.2 Å². The lowest BCUT2D eigenvalue weighted by Crippen LogP contribution is -2.19. The van der Waals surface area contributed by atoms with Gasteiger partial charge in [-0.3, -0.25) is 4.79 Å². The van der Waals surface area contributed by atoms with Gasteiger partial charge in [-0.15, -0.1) is 0 Å². The number of nitrogens with zero attached hydrogens (tertiary/aromatic N) is 1. The Morgan fingerprint density at radius 3 is 2.62 bits per heavy atom. The van der Waals surface area contributed by atoms with Crippen molar-refractivity contribution < 1.29 is 4.79 Å². The van der Waals surface area contributed by atoms with Gasteiger partial charge in [-0.05, 0) is 37.5 Å². The zero-order valence-corrected chi connectivity index (χ0v) is 9.92. The standard InChI is InChI=1S/C13H18N2O/c1-10-12(14-11(2)16)6-5-7-13(10)15-8-3-4-9-15/h5-7H,3-4,8-9H2,1-2H3,(H,14,16). The lowest BCUT2D eigenvalue weighted by atomic mass is 10.1. The Morgan fingerprint density at radius 1 is 1.31 bits per heavy atom. The van der Waals surface area contributed by atoms with Gasteiger partial charge in [-0.1, -0.05) is 6.07 Å². The van der Waals surface area contributed by atoms with Gasteiger partial charge in [0.25, 0.3) is 0 Å². The number of benzene rings is 1. The first kappa shape index (κ1) is 11.0. The molecule has 3 nitrogen and oxygen atoms in total. The number of rotatable bonds is 2. The predicted molar refractivity (Wildman–Crippen MR) is 66.9 cm³/mol. The zero-order valence-electron chi connectivity index (χ0n) is 9.92. The van der Waals surface area contributed by atoms with Gasteiger partial charge in [0.1, 0.15) is 0 Å². The molecule has 1 aliphatic rings. The predicted octanol–water partition coefficient (Wildman–Crippen LogP) is 2.55. The highest BCUT2D eigenvalue weighted by Gasteiger charge is 2.15. The lowest BCUT2D eigenvalue weighted by molar-refractivity contribution is -0.114. The first-order valence-electron chi connectivity index (χ1n) is 5.80. The topological polar surface area (TPSA) is 32.3 Å². The van der Waals surface area contributed by atoms with Crippen molar-refractivity contribution in [2.75, 3.05) is 23.3 Å². The van der Waals surface area contributed by atoms with Crippen LogP contribution in [0.25, 0.3) is 0 Å². The second kappa shape index (κ2) is 4.56. The van der Waals surface area contributed by atoms with E-state index in [0.717, 1.165) is 18.8 Å². The maximum Gasteiger partial charge on any atom is 0.221 e. The summed E-state index contributed by atoms with van der Waals surface area (Å²) in [5.74, 6) is -0.0123. The number of nitrogens with one attached hydrogen (secondary N) is 1. The van der Waals surface area contributed by atoms with Crippen LogP contribution >= 0.6 is 0 Å². The van der Waals surface area contributed by atoms with Gasteiger partial charge in [0.05, 0.1) is 0 Å². The molecule has 3 heteroatoms.